The minimum absolute atomic E-state index is 0.453. The van der Waals surface area contributed by atoms with Gasteiger partial charge in [0.2, 0.25) is 5.78 Å². The van der Waals surface area contributed by atoms with Crippen LogP contribution in [0.15, 0.2) is 0 Å². The number of hydrogen-bond acceptors (Lipinski definition) is 13. The van der Waals surface area contributed by atoms with Gasteiger partial charge in [0.1, 0.15) is 48.6 Å². The smallest absolute Gasteiger partial charge is 0.208 e. The molecule has 0 fully saturated rings. The molecule has 10 N–H and O–H groups in total. The second-order valence-electron chi connectivity index (χ2n) is 5.80. The fourth-order valence-electron chi connectivity index (χ4n) is 2.16. The van der Waals surface area contributed by atoms with Gasteiger partial charge in [0.15, 0.2) is 12.1 Å². The Kier molecular flexibility index (Phi) is 10.9. The maximum Gasteiger partial charge on any atom is 0.208 e. The van der Waals surface area contributed by atoms with Crippen molar-refractivity contribution < 1.29 is 65.4 Å². The van der Waals surface area contributed by atoms with Gasteiger partial charge in [-0.25, -0.2) is 0 Å². The molecule has 158 valence electrons. The molecule has 9 unspecified atom stereocenters. The first-order chi connectivity index (χ1) is 12.5. The van der Waals surface area contributed by atoms with E-state index in [1.54, 1.807) is 0 Å². The Morgan fingerprint density at radius 3 is 1.48 bits per heavy atom. The van der Waals surface area contributed by atoms with Gasteiger partial charge in [-0.2, -0.15) is 0 Å². The van der Waals surface area contributed by atoms with Crippen LogP contribution in [-0.4, -0.2) is 131 Å². The van der Waals surface area contributed by atoms with Gasteiger partial charge >= 0.3 is 0 Å². The number of ketones is 2. The van der Waals surface area contributed by atoms with E-state index in [-0.39, 0.29) is 0 Å². The van der Waals surface area contributed by atoms with E-state index in [1.807, 2.05) is 0 Å². The minimum Gasteiger partial charge on any atom is -0.394 e. The quantitative estimate of drug-likeness (QED) is 0.0784. The van der Waals surface area contributed by atoms with Crippen molar-refractivity contribution in [2.45, 2.75) is 48.8 Å². The zero-order valence-electron chi connectivity index (χ0n) is 13.9. The third-order valence-electron chi connectivity index (χ3n) is 3.90. The summed E-state index contributed by atoms with van der Waals surface area (Å²) in [6.45, 7) is -2.15. The second-order valence-corrected chi connectivity index (χ2v) is 5.80. The Bertz CT molecular complexity index is 497. The summed E-state index contributed by atoms with van der Waals surface area (Å²) < 4.78 is 0. The highest BCUT2D eigenvalue weighted by molar-refractivity contribution is 6.31. The van der Waals surface area contributed by atoms with Gasteiger partial charge in [-0.3, -0.25) is 14.4 Å². The lowest BCUT2D eigenvalue weighted by atomic mass is 9.83. The SMILES string of the molecule is O=CC(=O)C(C(=O)C(O)C(O)C(O)CO)C(O)C(O)C(O)C(O)C(O)CO. The number of carbonyl (C=O) groups excluding carboxylic acids is 3. The van der Waals surface area contributed by atoms with Crippen LogP contribution in [0.3, 0.4) is 0 Å². The summed E-state index contributed by atoms with van der Waals surface area (Å²) in [5, 5.41) is 94.0. The molecule has 13 nitrogen and oxygen atoms in total. The van der Waals surface area contributed by atoms with Gasteiger partial charge in [0.05, 0.1) is 19.3 Å². The molecule has 0 saturated carbocycles. The zero-order valence-corrected chi connectivity index (χ0v) is 13.9. The number of aliphatic hydroxyl groups excluding tert-OH is 10. The molecular formula is C14H24O13. The van der Waals surface area contributed by atoms with E-state index in [2.05, 4.69) is 0 Å². The van der Waals surface area contributed by atoms with Crippen LogP contribution >= 0.6 is 0 Å². The Hall–Kier alpha value is -1.39. The highest BCUT2D eigenvalue weighted by Crippen LogP contribution is 2.19. The molecule has 0 bridgehead atoms. The number of aliphatic hydroxyl groups is 10. The van der Waals surface area contributed by atoms with Crippen molar-refractivity contribution in [1.29, 1.82) is 0 Å². The van der Waals surface area contributed by atoms with Crippen molar-refractivity contribution in [3.8, 4) is 0 Å². The topological polar surface area (TPSA) is 254 Å². The van der Waals surface area contributed by atoms with Crippen molar-refractivity contribution in [1.82, 2.24) is 0 Å². The van der Waals surface area contributed by atoms with Crippen LogP contribution in [0, 0.1) is 5.92 Å². The van der Waals surface area contributed by atoms with E-state index >= 15 is 0 Å². The highest BCUT2D eigenvalue weighted by Gasteiger charge is 2.46. The average Bonchev–Trinajstić information content (AvgIpc) is 2.68. The van der Waals surface area contributed by atoms with Crippen LogP contribution in [0.2, 0.25) is 0 Å². The first kappa shape index (κ1) is 25.6. The van der Waals surface area contributed by atoms with E-state index in [4.69, 9.17) is 10.2 Å². The molecule has 0 aromatic heterocycles. The molecule has 0 aliphatic rings. The fraction of sp³-hybridized carbons (Fsp3) is 0.786. The number of carbonyl (C=O) groups is 3. The molecule has 0 heterocycles. The maximum absolute atomic E-state index is 12.1. The molecule has 0 radical (unpaired) electrons. The van der Waals surface area contributed by atoms with Gasteiger partial charge in [-0.15, -0.1) is 0 Å². The lowest BCUT2D eigenvalue weighted by Crippen LogP contribution is -2.56. The molecule has 0 amide bonds. The highest BCUT2D eigenvalue weighted by atomic mass is 16.4. The fourth-order valence-corrected chi connectivity index (χ4v) is 2.16. The van der Waals surface area contributed by atoms with Crippen LogP contribution in [0.5, 0.6) is 0 Å². The molecule has 0 spiro atoms. The van der Waals surface area contributed by atoms with E-state index in [0.717, 1.165) is 0 Å². The summed E-state index contributed by atoms with van der Waals surface area (Å²) in [5.41, 5.74) is 0. The minimum atomic E-state index is -2.60. The summed E-state index contributed by atoms with van der Waals surface area (Å²) in [5.74, 6) is -5.94. The van der Waals surface area contributed by atoms with E-state index < -0.39 is 85.8 Å². The molecule has 0 rings (SSSR count). The second kappa shape index (κ2) is 11.5. The molecule has 0 aliphatic carbocycles. The Labute approximate surface area is 152 Å². The van der Waals surface area contributed by atoms with E-state index in [9.17, 15) is 55.2 Å². The van der Waals surface area contributed by atoms with E-state index in [1.165, 1.54) is 0 Å². The third-order valence-corrected chi connectivity index (χ3v) is 3.90. The van der Waals surface area contributed by atoms with Crippen LogP contribution in [0.25, 0.3) is 0 Å². The Balaban J connectivity index is 5.59. The molecule has 27 heavy (non-hydrogen) atoms. The Morgan fingerprint density at radius 1 is 0.667 bits per heavy atom. The van der Waals surface area contributed by atoms with Crippen molar-refractivity contribution >= 4 is 17.9 Å². The van der Waals surface area contributed by atoms with Gasteiger partial charge in [0.25, 0.3) is 0 Å². The zero-order chi connectivity index (χ0) is 21.5. The molecular weight excluding hydrogens is 376 g/mol. The lowest BCUT2D eigenvalue weighted by Gasteiger charge is -2.32. The Morgan fingerprint density at radius 2 is 1.07 bits per heavy atom. The number of rotatable bonds is 13. The monoisotopic (exact) mass is 400 g/mol. The average molecular weight is 400 g/mol. The molecule has 0 aromatic rings. The molecule has 13 heteroatoms. The van der Waals surface area contributed by atoms with Crippen LogP contribution in [0.4, 0.5) is 0 Å². The largest absolute Gasteiger partial charge is 0.394 e. The molecule has 0 aromatic carbocycles. The van der Waals surface area contributed by atoms with Crippen molar-refractivity contribution in [2.75, 3.05) is 13.2 Å². The predicted molar refractivity (Wildman–Crippen MR) is 81.8 cm³/mol. The predicted octanol–water partition coefficient (Wildman–Crippen LogP) is -7.19. The molecule has 0 aliphatic heterocycles. The van der Waals surface area contributed by atoms with Crippen LogP contribution < -0.4 is 0 Å². The van der Waals surface area contributed by atoms with Crippen molar-refractivity contribution in [2.24, 2.45) is 5.92 Å². The van der Waals surface area contributed by atoms with Gasteiger partial charge < -0.3 is 51.1 Å². The molecule has 0 saturated heterocycles. The number of Topliss-reactive ketones (excluding diaryl/α,β-unsaturated/α-hetero) is 2. The lowest BCUT2D eigenvalue weighted by molar-refractivity contribution is -0.168. The van der Waals surface area contributed by atoms with Crippen LogP contribution in [-0.2, 0) is 14.4 Å². The van der Waals surface area contributed by atoms with Crippen molar-refractivity contribution in [3.63, 3.8) is 0 Å². The normalized spacial score (nSPS) is 21.9. The first-order valence-electron chi connectivity index (χ1n) is 7.65. The van der Waals surface area contributed by atoms with Crippen molar-refractivity contribution in [3.05, 3.63) is 0 Å². The standard InChI is InChI=1S/C14H24O13/c15-1-4(18)7(10(23)12(25)8(21)5(19)2-16)11(24)14(27)13(26)9(22)6(20)3-17/h1,5-9,11-14,16-17,19-22,24-27H,2-3H2. The summed E-state index contributed by atoms with van der Waals surface area (Å²) in [7, 11) is 0. The van der Waals surface area contributed by atoms with Gasteiger partial charge in [-0.1, -0.05) is 0 Å². The summed E-state index contributed by atoms with van der Waals surface area (Å²) >= 11 is 0. The summed E-state index contributed by atoms with van der Waals surface area (Å²) in [6, 6.07) is 0. The van der Waals surface area contributed by atoms with Gasteiger partial charge in [-0.05, 0) is 0 Å². The maximum atomic E-state index is 12.1. The first-order valence-corrected chi connectivity index (χ1v) is 7.65. The number of hydrogen-bond donors (Lipinski definition) is 10. The summed E-state index contributed by atoms with van der Waals surface area (Å²) in [4.78, 5) is 34.5. The number of aldehydes is 1. The van der Waals surface area contributed by atoms with E-state index in [0.29, 0.717) is 0 Å². The van der Waals surface area contributed by atoms with Gasteiger partial charge in [0, 0.05) is 0 Å². The summed E-state index contributed by atoms with van der Waals surface area (Å²) in [6.07, 6.45) is -19.1. The third kappa shape index (κ3) is 6.32. The molecule has 9 atom stereocenters. The van der Waals surface area contributed by atoms with Crippen LogP contribution in [0.1, 0.15) is 0 Å².